The summed E-state index contributed by atoms with van der Waals surface area (Å²) in [5.74, 6) is 0. The molecule has 5 nitrogen and oxygen atoms in total. The number of hydrogen-bond acceptors (Lipinski definition) is 4. The molecule has 0 aromatic carbocycles. The minimum Gasteiger partial charge on any atom is -0.383 e. The first-order chi connectivity index (χ1) is 7.13. The van der Waals surface area contributed by atoms with Gasteiger partial charge in [0.15, 0.2) is 0 Å². The van der Waals surface area contributed by atoms with Crippen LogP contribution in [0.15, 0.2) is 16.9 Å². The second-order valence-electron chi connectivity index (χ2n) is 2.91. The zero-order chi connectivity index (χ0) is 11.3. The average molecular weight is 231 g/mol. The molecule has 0 radical (unpaired) electrons. The first kappa shape index (κ1) is 11.9. The number of rotatable bonds is 5. The van der Waals surface area contributed by atoms with E-state index in [-0.39, 0.29) is 12.0 Å². The van der Waals surface area contributed by atoms with E-state index in [1.807, 2.05) is 0 Å². The van der Waals surface area contributed by atoms with Gasteiger partial charge in [0, 0.05) is 13.2 Å². The van der Waals surface area contributed by atoms with Gasteiger partial charge in [-0.15, -0.1) is 0 Å². The molecule has 0 saturated heterocycles. The number of ether oxygens (including phenoxy) is 1. The molecule has 1 rings (SSSR count). The minimum absolute atomic E-state index is 0.0226. The third-order valence-electron chi connectivity index (χ3n) is 1.75. The summed E-state index contributed by atoms with van der Waals surface area (Å²) < 4.78 is 6.08. The third-order valence-corrected chi connectivity index (χ3v) is 1.88. The van der Waals surface area contributed by atoms with Crippen molar-refractivity contribution in [1.29, 1.82) is 0 Å². The number of carbonyl (C=O) groups excluding carboxylic acids is 1. The van der Waals surface area contributed by atoms with E-state index in [9.17, 15) is 9.59 Å². The lowest BCUT2D eigenvalue weighted by molar-refractivity contribution is -0.111. The highest BCUT2D eigenvalue weighted by Gasteiger charge is 2.04. The maximum absolute atomic E-state index is 11.3. The lowest BCUT2D eigenvalue weighted by Crippen LogP contribution is -2.25. The van der Waals surface area contributed by atoms with Crippen LogP contribution in [0.4, 0.5) is 0 Å². The predicted octanol–water partition coefficient (Wildman–Crippen LogP) is 0.198. The second-order valence-corrected chi connectivity index (χ2v) is 3.33. The molecule has 0 bridgehead atoms. The zero-order valence-corrected chi connectivity index (χ0v) is 9.03. The molecule has 0 aliphatic heterocycles. The quantitative estimate of drug-likeness (QED) is 0.678. The van der Waals surface area contributed by atoms with Crippen molar-refractivity contribution < 1.29 is 9.53 Å². The fourth-order valence-electron chi connectivity index (χ4n) is 1.07. The van der Waals surface area contributed by atoms with Gasteiger partial charge in [0.2, 0.25) is 5.24 Å². The third kappa shape index (κ3) is 3.81. The van der Waals surface area contributed by atoms with Crippen molar-refractivity contribution in [3.8, 4) is 0 Å². The Morgan fingerprint density at radius 1 is 1.60 bits per heavy atom. The van der Waals surface area contributed by atoms with Crippen LogP contribution < -0.4 is 5.56 Å². The number of nitrogens with zero attached hydrogens (tertiary/aromatic N) is 2. The molecule has 1 aromatic rings. The Morgan fingerprint density at radius 3 is 2.93 bits per heavy atom. The Labute approximate surface area is 91.6 Å². The summed E-state index contributed by atoms with van der Waals surface area (Å²) in [6.45, 7) is 0.755. The highest BCUT2D eigenvalue weighted by Crippen LogP contribution is 1.95. The smallest absolute Gasteiger partial charge is 0.266 e. The van der Waals surface area contributed by atoms with E-state index in [2.05, 4.69) is 5.10 Å². The van der Waals surface area contributed by atoms with E-state index < -0.39 is 5.24 Å². The van der Waals surface area contributed by atoms with Gasteiger partial charge in [-0.1, -0.05) is 0 Å². The summed E-state index contributed by atoms with van der Waals surface area (Å²) >= 11 is 5.22. The van der Waals surface area contributed by atoms with Crippen molar-refractivity contribution in [2.45, 2.75) is 13.0 Å². The summed E-state index contributed by atoms with van der Waals surface area (Å²) in [6.07, 6.45) is 0.0226. The maximum Gasteiger partial charge on any atom is 0.266 e. The van der Waals surface area contributed by atoms with Gasteiger partial charge in [0.25, 0.3) is 5.56 Å². The van der Waals surface area contributed by atoms with Crippen LogP contribution in [0.3, 0.4) is 0 Å². The van der Waals surface area contributed by atoms with Gasteiger partial charge in [-0.25, -0.2) is 4.68 Å². The Kier molecular flexibility index (Phi) is 4.45. The fraction of sp³-hybridized carbons (Fsp3) is 0.444. The standard InChI is InChI=1S/C9H11ClN2O3/c1-15-5-4-12-9(14)3-2-7(11-12)6-8(10)13/h2-3H,4-6H2,1H3. The minimum atomic E-state index is -0.501. The molecule has 0 aliphatic rings. The summed E-state index contributed by atoms with van der Waals surface area (Å²) in [4.78, 5) is 21.9. The molecule has 82 valence electrons. The first-order valence-corrected chi connectivity index (χ1v) is 4.75. The van der Waals surface area contributed by atoms with E-state index in [0.717, 1.165) is 0 Å². The molecular weight excluding hydrogens is 220 g/mol. The molecule has 0 unspecified atom stereocenters. The van der Waals surface area contributed by atoms with Crippen molar-refractivity contribution in [3.05, 3.63) is 28.2 Å². The van der Waals surface area contributed by atoms with Gasteiger partial charge in [-0.2, -0.15) is 5.10 Å². The van der Waals surface area contributed by atoms with E-state index in [4.69, 9.17) is 16.3 Å². The normalized spacial score (nSPS) is 10.3. The van der Waals surface area contributed by atoms with Gasteiger partial charge in [0.05, 0.1) is 25.3 Å². The van der Waals surface area contributed by atoms with Gasteiger partial charge < -0.3 is 4.74 Å². The van der Waals surface area contributed by atoms with Crippen LogP contribution in [-0.4, -0.2) is 28.7 Å². The number of halogens is 1. The maximum atomic E-state index is 11.3. The van der Waals surface area contributed by atoms with Gasteiger partial charge >= 0.3 is 0 Å². The molecular formula is C9H11ClN2O3. The lowest BCUT2D eigenvalue weighted by Gasteiger charge is -2.04. The SMILES string of the molecule is COCCn1nc(CC(=O)Cl)ccc1=O. The van der Waals surface area contributed by atoms with Crippen molar-refractivity contribution in [2.75, 3.05) is 13.7 Å². The molecule has 0 saturated carbocycles. The molecule has 0 spiro atoms. The lowest BCUT2D eigenvalue weighted by atomic mass is 10.3. The second kappa shape index (κ2) is 5.63. The van der Waals surface area contributed by atoms with E-state index in [1.165, 1.54) is 23.9 Å². The van der Waals surface area contributed by atoms with Crippen LogP contribution in [0, 0.1) is 0 Å². The Hall–Kier alpha value is -1.20. The van der Waals surface area contributed by atoms with Crippen molar-refractivity contribution in [3.63, 3.8) is 0 Å². The summed E-state index contributed by atoms with van der Waals surface area (Å²) in [6, 6.07) is 2.85. The van der Waals surface area contributed by atoms with Crippen LogP contribution in [0.2, 0.25) is 0 Å². The predicted molar refractivity (Wildman–Crippen MR) is 54.9 cm³/mol. The monoisotopic (exact) mass is 230 g/mol. The van der Waals surface area contributed by atoms with E-state index in [0.29, 0.717) is 18.8 Å². The van der Waals surface area contributed by atoms with E-state index in [1.54, 1.807) is 0 Å². The summed E-state index contributed by atoms with van der Waals surface area (Å²) in [5.41, 5.74) is 0.253. The Morgan fingerprint density at radius 2 is 2.33 bits per heavy atom. The van der Waals surface area contributed by atoms with Crippen LogP contribution >= 0.6 is 11.6 Å². The van der Waals surface area contributed by atoms with Gasteiger partial charge in [-0.3, -0.25) is 9.59 Å². The zero-order valence-electron chi connectivity index (χ0n) is 8.27. The Balaban J connectivity index is 2.84. The molecule has 15 heavy (non-hydrogen) atoms. The van der Waals surface area contributed by atoms with Gasteiger partial charge in [-0.05, 0) is 17.7 Å². The molecule has 0 aliphatic carbocycles. The molecule has 0 fully saturated rings. The number of methoxy groups -OCH3 is 1. The highest BCUT2D eigenvalue weighted by atomic mass is 35.5. The van der Waals surface area contributed by atoms with Crippen molar-refractivity contribution in [2.24, 2.45) is 0 Å². The summed E-state index contributed by atoms with van der Waals surface area (Å²) in [5, 5.41) is 3.47. The molecule has 0 N–H and O–H groups in total. The number of carbonyl (C=O) groups is 1. The largest absolute Gasteiger partial charge is 0.383 e. The number of aromatic nitrogens is 2. The highest BCUT2D eigenvalue weighted by molar-refractivity contribution is 6.63. The topological polar surface area (TPSA) is 61.2 Å². The summed E-state index contributed by atoms with van der Waals surface area (Å²) in [7, 11) is 1.54. The van der Waals surface area contributed by atoms with Crippen molar-refractivity contribution >= 4 is 16.8 Å². The van der Waals surface area contributed by atoms with Gasteiger partial charge in [0.1, 0.15) is 0 Å². The van der Waals surface area contributed by atoms with Crippen molar-refractivity contribution in [1.82, 2.24) is 9.78 Å². The Bertz CT molecular complexity index is 403. The van der Waals surface area contributed by atoms with E-state index >= 15 is 0 Å². The van der Waals surface area contributed by atoms with Crippen LogP contribution in [0.25, 0.3) is 0 Å². The van der Waals surface area contributed by atoms with Crippen LogP contribution in [0.1, 0.15) is 5.69 Å². The molecule has 0 atom stereocenters. The fourth-order valence-corrected chi connectivity index (χ4v) is 1.20. The molecule has 6 heteroatoms. The van der Waals surface area contributed by atoms with Crippen LogP contribution in [0.5, 0.6) is 0 Å². The first-order valence-electron chi connectivity index (χ1n) is 4.38. The van der Waals surface area contributed by atoms with Crippen LogP contribution in [-0.2, 0) is 22.5 Å². The molecule has 0 amide bonds. The molecule has 1 aromatic heterocycles. The average Bonchev–Trinajstić information content (AvgIpc) is 2.18. The number of hydrogen-bond donors (Lipinski definition) is 0. The molecule has 1 heterocycles.